The van der Waals surface area contributed by atoms with Gasteiger partial charge in [-0.05, 0) is 24.8 Å². The number of nitrogens with two attached hydrogens (primary N) is 1. The molecule has 2 fully saturated rings. The van der Waals surface area contributed by atoms with E-state index in [0.29, 0.717) is 11.5 Å². The maximum atomic E-state index is 6.00. The van der Waals surface area contributed by atoms with Crippen LogP contribution in [0.15, 0.2) is 0 Å². The molecule has 1 saturated heterocycles. The molecule has 1 aliphatic heterocycles. The van der Waals surface area contributed by atoms with Crippen LogP contribution in [0.4, 0.5) is 0 Å². The van der Waals surface area contributed by atoms with E-state index < -0.39 is 0 Å². The predicted octanol–water partition coefficient (Wildman–Crippen LogP) is 1.46. The molecule has 1 spiro atoms. The lowest BCUT2D eigenvalue weighted by atomic mass is 10.0. The summed E-state index contributed by atoms with van der Waals surface area (Å²) in [5.41, 5.74) is 6.58. The Labute approximate surface area is 76.1 Å². The standard InChI is InChI=1S/C8H16N2.C2H6/c1-2-10-5-7(9)8(6-10)3-4-8;1-2/h7H,2-6,9H2,1H3;1-2H3. The van der Waals surface area contributed by atoms with E-state index in [1.807, 2.05) is 13.8 Å². The Kier molecular flexibility index (Phi) is 3.13. The molecule has 72 valence electrons. The van der Waals surface area contributed by atoms with Gasteiger partial charge in [-0.2, -0.15) is 0 Å². The number of likely N-dealkylation sites (tertiary alicyclic amines) is 1. The van der Waals surface area contributed by atoms with E-state index in [-0.39, 0.29) is 0 Å². The quantitative estimate of drug-likeness (QED) is 0.645. The molecule has 0 aromatic carbocycles. The summed E-state index contributed by atoms with van der Waals surface area (Å²) in [6.45, 7) is 9.80. The Morgan fingerprint density at radius 1 is 1.42 bits per heavy atom. The molecule has 1 aliphatic carbocycles. The van der Waals surface area contributed by atoms with Gasteiger partial charge in [0.15, 0.2) is 0 Å². The SMILES string of the molecule is CC.CCN1CC(N)C2(CC2)C1. The Bertz CT molecular complexity index is 141. The van der Waals surface area contributed by atoms with Gasteiger partial charge in [-0.25, -0.2) is 0 Å². The zero-order valence-corrected chi connectivity index (χ0v) is 8.64. The molecule has 1 saturated carbocycles. The first-order chi connectivity index (χ1) is 5.77. The molecule has 0 amide bonds. The monoisotopic (exact) mass is 170 g/mol. The second-order valence-electron chi connectivity index (χ2n) is 3.80. The molecule has 0 bridgehead atoms. The van der Waals surface area contributed by atoms with Crippen molar-refractivity contribution in [2.75, 3.05) is 19.6 Å². The van der Waals surface area contributed by atoms with Crippen LogP contribution in [0.3, 0.4) is 0 Å². The Morgan fingerprint density at radius 3 is 2.25 bits per heavy atom. The first-order valence-corrected chi connectivity index (χ1v) is 5.25. The van der Waals surface area contributed by atoms with Crippen LogP contribution in [-0.2, 0) is 0 Å². The highest BCUT2D eigenvalue weighted by Gasteiger charge is 2.52. The fraction of sp³-hybridized carbons (Fsp3) is 1.00. The van der Waals surface area contributed by atoms with Gasteiger partial charge in [-0.15, -0.1) is 0 Å². The fourth-order valence-corrected chi connectivity index (χ4v) is 2.03. The molecule has 1 atom stereocenters. The maximum Gasteiger partial charge on any atom is 0.0237 e. The highest BCUT2D eigenvalue weighted by Crippen LogP contribution is 2.51. The summed E-state index contributed by atoms with van der Waals surface area (Å²) in [6, 6.07) is 0.479. The van der Waals surface area contributed by atoms with Gasteiger partial charge in [0.25, 0.3) is 0 Å². The third kappa shape index (κ3) is 1.64. The fourth-order valence-electron chi connectivity index (χ4n) is 2.03. The first-order valence-electron chi connectivity index (χ1n) is 5.25. The van der Waals surface area contributed by atoms with Crippen molar-refractivity contribution in [2.24, 2.45) is 11.1 Å². The molecule has 2 nitrogen and oxygen atoms in total. The Balaban J connectivity index is 0.000000336. The molecular weight excluding hydrogens is 148 g/mol. The summed E-state index contributed by atoms with van der Waals surface area (Å²) in [5.74, 6) is 0. The molecule has 0 radical (unpaired) electrons. The van der Waals surface area contributed by atoms with Gasteiger partial charge in [0.2, 0.25) is 0 Å². The number of hydrogen-bond donors (Lipinski definition) is 1. The third-order valence-corrected chi connectivity index (χ3v) is 3.12. The summed E-state index contributed by atoms with van der Waals surface area (Å²) in [7, 11) is 0. The largest absolute Gasteiger partial charge is 0.326 e. The highest BCUT2D eigenvalue weighted by atomic mass is 15.2. The van der Waals surface area contributed by atoms with Crippen LogP contribution < -0.4 is 5.73 Å². The number of hydrogen-bond acceptors (Lipinski definition) is 2. The third-order valence-electron chi connectivity index (χ3n) is 3.12. The molecule has 2 rings (SSSR count). The van der Waals surface area contributed by atoms with Crippen LogP contribution in [0, 0.1) is 5.41 Å². The zero-order valence-electron chi connectivity index (χ0n) is 8.64. The van der Waals surface area contributed by atoms with Crippen molar-refractivity contribution < 1.29 is 0 Å². The Hall–Kier alpha value is -0.0800. The van der Waals surface area contributed by atoms with Crippen molar-refractivity contribution in [3.63, 3.8) is 0 Å². The van der Waals surface area contributed by atoms with Gasteiger partial charge in [0.05, 0.1) is 0 Å². The van der Waals surface area contributed by atoms with E-state index in [1.54, 1.807) is 0 Å². The van der Waals surface area contributed by atoms with E-state index in [0.717, 1.165) is 6.54 Å². The molecule has 0 aromatic rings. The van der Waals surface area contributed by atoms with Gasteiger partial charge >= 0.3 is 0 Å². The molecule has 2 heteroatoms. The predicted molar refractivity (Wildman–Crippen MR) is 53.1 cm³/mol. The van der Waals surface area contributed by atoms with Crippen LogP contribution in [0.1, 0.15) is 33.6 Å². The average molecular weight is 170 g/mol. The van der Waals surface area contributed by atoms with E-state index in [1.165, 1.54) is 25.9 Å². The van der Waals surface area contributed by atoms with E-state index in [2.05, 4.69) is 11.8 Å². The Morgan fingerprint density at radius 2 is 2.00 bits per heavy atom. The highest BCUT2D eigenvalue weighted by molar-refractivity contribution is 5.08. The van der Waals surface area contributed by atoms with Gasteiger partial charge in [-0.3, -0.25) is 0 Å². The zero-order chi connectivity index (χ0) is 9.19. The maximum absolute atomic E-state index is 6.00. The molecule has 12 heavy (non-hydrogen) atoms. The summed E-state index contributed by atoms with van der Waals surface area (Å²) in [5, 5.41) is 0. The van der Waals surface area contributed by atoms with E-state index in [4.69, 9.17) is 5.73 Å². The summed E-state index contributed by atoms with van der Waals surface area (Å²) < 4.78 is 0. The van der Waals surface area contributed by atoms with Crippen molar-refractivity contribution in [3.8, 4) is 0 Å². The van der Waals surface area contributed by atoms with Crippen LogP contribution in [0.5, 0.6) is 0 Å². The minimum atomic E-state index is 0.479. The van der Waals surface area contributed by atoms with Crippen molar-refractivity contribution >= 4 is 0 Å². The smallest absolute Gasteiger partial charge is 0.0237 e. The van der Waals surface area contributed by atoms with Gasteiger partial charge in [0, 0.05) is 19.1 Å². The number of rotatable bonds is 1. The molecular formula is C10H22N2. The first kappa shape index (κ1) is 10.0. The number of nitrogens with zero attached hydrogens (tertiary/aromatic N) is 1. The molecule has 1 unspecified atom stereocenters. The summed E-state index contributed by atoms with van der Waals surface area (Å²) in [4.78, 5) is 2.47. The normalized spacial score (nSPS) is 31.5. The second-order valence-corrected chi connectivity index (χ2v) is 3.80. The van der Waals surface area contributed by atoms with E-state index in [9.17, 15) is 0 Å². The van der Waals surface area contributed by atoms with Gasteiger partial charge in [-0.1, -0.05) is 20.8 Å². The van der Waals surface area contributed by atoms with Crippen molar-refractivity contribution in [1.82, 2.24) is 4.90 Å². The molecule has 2 aliphatic rings. The van der Waals surface area contributed by atoms with Crippen molar-refractivity contribution in [2.45, 2.75) is 39.7 Å². The van der Waals surface area contributed by atoms with E-state index >= 15 is 0 Å². The molecule has 1 heterocycles. The molecule has 2 N–H and O–H groups in total. The minimum absolute atomic E-state index is 0.479. The lowest BCUT2D eigenvalue weighted by Crippen LogP contribution is -2.30. The average Bonchev–Trinajstić information content (AvgIpc) is 2.80. The summed E-state index contributed by atoms with van der Waals surface area (Å²) >= 11 is 0. The van der Waals surface area contributed by atoms with Crippen LogP contribution in [0.2, 0.25) is 0 Å². The lowest BCUT2D eigenvalue weighted by molar-refractivity contribution is 0.337. The minimum Gasteiger partial charge on any atom is -0.326 e. The topological polar surface area (TPSA) is 29.3 Å². The second kappa shape index (κ2) is 3.75. The van der Waals surface area contributed by atoms with Crippen LogP contribution in [-0.4, -0.2) is 30.6 Å². The van der Waals surface area contributed by atoms with Gasteiger partial charge < -0.3 is 10.6 Å². The summed E-state index contributed by atoms with van der Waals surface area (Å²) in [6.07, 6.45) is 2.76. The number of likely N-dealkylation sites (N-methyl/N-ethyl adjacent to an activating group) is 1. The van der Waals surface area contributed by atoms with Crippen LogP contribution >= 0.6 is 0 Å². The van der Waals surface area contributed by atoms with Crippen LogP contribution in [0.25, 0.3) is 0 Å². The lowest BCUT2D eigenvalue weighted by Gasteiger charge is -2.10. The van der Waals surface area contributed by atoms with Gasteiger partial charge in [0.1, 0.15) is 0 Å². The van der Waals surface area contributed by atoms with Crippen molar-refractivity contribution in [1.29, 1.82) is 0 Å². The molecule has 0 aromatic heterocycles. The van der Waals surface area contributed by atoms with Crippen molar-refractivity contribution in [3.05, 3.63) is 0 Å².